The van der Waals surface area contributed by atoms with Crippen molar-refractivity contribution in [1.82, 2.24) is 0 Å². The van der Waals surface area contributed by atoms with Gasteiger partial charge < -0.3 is 5.11 Å². The van der Waals surface area contributed by atoms with Crippen LogP contribution in [0, 0.1) is 10.1 Å². The van der Waals surface area contributed by atoms with Crippen molar-refractivity contribution in [3.8, 4) is 0 Å². The maximum Gasteiger partial charge on any atom is 0.326 e. The molecule has 1 N–H and O–H groups in total. The van der Waals surface area contributed by atoms with E-state index in [0.29, 0.717) is 5.56 Å². The molecule has 1 fully saturated rings. The quantitative estimate of drug-likeness (QED) is 0.517. The van der Waals surface area contributed by atoms with E-state index in [-0.39, 0.29) is 17.2 Å². The maximum atomic E-state index is 11.2. The Hall–Kier alpha value is -1.62. The minimum atomic E-state index is -1.26. The van der Waals surface area contributed by atoms with E-state index in [1.54, 1.807) is 12.1 Å². The number of hydrogen-bond donors (Lipinski definition) is 1. The summed E-state index contributed by atoms with van der Waals surface area (Å²) >= 11 is 5.73. The SMILES string of the molecule is O=C(O)C(Cl)c1ccc(C2CCCCC2)c([N+](=O)[O-])c1. The number of alkyl halides is 1. The largest absolute Gasteiger partial charge is 0.480 e. The molecule has 108 valence electrons. The Morgan fingerprint density at radius 3 is 2.55 bits per heavy atom. The Morgan fingerprint density at radius 2 is 2.00 bits per heavy atom. The average Bonchev–Trinajstić information content (AvgIpc) is 2.46. The monoisotopic (exact) mass is 297 g/mol. The lowest BCUT2D eigenvalue weighted by molar-refractivity contribution is -0.385. The lowest BCUT2D eigenvalue weighted by Crippen LogP contribution is -2.10. The maximum absolute atomic E-state index is 11.2. The zero-order valence-electron chi connectivity index (χ0n) is 10.9. The molecule has 0 saturated heterocycles. The highest BCUT2D eigenvalue weighted by Gasteiger charge is 2.26. The highest BCUT2D eigenvalue weighted by atomic mass is 35.5. The van der Waals surface area contributed by atoms with E-state index < -0.39 is 16.3 Å². The number of aliphatic carboxylic acids is 1. The van der Waals surface area contributed by atoms with Crippen LogP contribution in [-0.4, -0.2) is 16.0 Å². The third-order valence-corrected chi connectivity index (χ3v) is 4.24. The Labute approximate surface area is 121 Å². The van der Waals surface area contributed by atoms with Gasteiger partial charge in [-0.25, -0.2) is 0 Å². The molecule has 0 radical (unpaired) electrons. The van der Waals surface area contributed by atoms with E-state index in [1.165, 1.54) is 12.5 Å². The standard InChI is InChI=1S/C14H16ClNO4/c15-13(14(17)18)10-6-7-11(12(8-10)16(19)20)9-4-2-1-3-5-9/h6-9,13H,1-5H2,(H,17,18). The number of nitrogens with zero attached hydrogens (tertiary/aromatic N) is 1. The number of benzene rings is 1. The van der Waals surface area contributed by atoms with Gasteiger partial charge in [0, 0.05) is 11.6 Å². The fourth-order valence-corrected chi connectivity index (χ4v) is 2.91. The molecule has 0 aliphatic heterocycles. The molecule has 1 unspecified atom stereocenters. The number of carboxylic acid groups (broad SMARTS) is 1. The predicted molar refractivity (Wildman–Crippen MR) is 75.2 cm³/mol. The van der Waals surface area contributed by atoms with E-state index in [9.17, 15) is 14.9 Å². The Balaban J connectivity index is 2.37. The molecule has 1 atom stereocenters. The molecule has 5 nitrogen and oxygen atoms in total. The van der Waals surface area contributed by atoms with Crippen LogP contribution in [0.3, 0.4) is 0 Å². The smallest absolute Gasteiger partial charge is 0.326 e. The predicted octanol–water partition coefficient (Wildman–Crippen LogP) is 4.01. The first-order chi connectivity index (χ1) is 9.50. The highest BCUT2D eigenvalue weighted by Crippen LogP contribution is 2.38. The molecule has 1 aromatic carbocycles. The molecular weight excluding hydrogens is 282 g/mol. The minimum absolute atomic E-state index is 0.0127. The van der Waals surface area contributed by atoms with Crippen LogP contribution in [0.5, 0.6) is 0 Å². The van der Waals surface area contributed by atoms with Crippen LogP contribution >= 0.6 is 11.6 Å². The summed E-state index contributed by atoms with van der Waals surface area (Å²) < 4.78 is 0. The molecule has 0 spiro atoms. The van der Waals surface area contributed by atoms with Crippen molar-refractivity contribution in [2.45, 2.75) is 43.4 Å². The fraction of sp³-hybridized carbons (Fsp3) is 0.500. The zero-order chi connectivity index (χ0) is 14.7. The van der Waals surface area contributed by atoms with E-state index in [2.05, 4.69) is 0 Å². The van der Waals surface area contributed by atoms with E-state index in [1.807, 2.05) is 0 Å². The number of halogens is 1. The van der Waals surface area contributed by atoms with Crippen LogP contribution in [0.1, 0.15) is 54.5 Å². The molecule has 1 saturated carbocycles. The molecule has 0 heterocycles. The molecule has 6 heteroatoms. The van der Waals surface area contributed by atoms with Crippen molar-refractivity contribution in [1.29, 1.82) is 0 Å². The highest BCUT2D eigenvalue weighted by molar-refractivity contribution is 6.29. The topological polar surface area (TPSA) is 80.4 Å². The van der Waals surface area contributed by atoms with Crippen LogP contribution in [0.15, 0.2) is 18.2 Å². The van der Waals surface area contributed by atoms with Gasteiger partial charge in [-0.05, 0) is 24.3 Å². The van der Waals surface area contributed by atoms with Crippen LogP contribution in [0.25, 0.3) is 0 Å². The van der Waals surface area contributed by atoms with Crippen molar-refractivity contribution >= 4 is 23.3 Å². The Kier molecular flexibility index (Phi) is 4.60. The molecule has 1 aliphatic rings. The third-order valence-electron chi connectivity index (χ3n) is 3.81. The van der Waals surface area contributed by atoms with Crippen LogP contribution in [-0.2, 0) is 4.79 Å². The number of nitro groups is 1. The Morgan fingerprint density at radius 1 is 1.35 bits per heavy atom. The molecule has 0 aromatic heterocycles. The summed E-state index contributed by atoms with van der Waals surface area (Å²) in [6.45, 7) is 0. The second-order valence-electron chi connectivity index (χ2n) is 5.11. The fourth-order valence-electron chi connectivity index (χ4n) is 2.78. The molecule has 1 aromatic rings. The molecule has 1 aliphatic carbocycles. The third kappa shape index (κ3) is 3.10. The lowest BCUT2D eigenvalue weighted by Gasteiger charge is -2.22. The van der Waals surface area contributed by atoms with Gasteiger partial charge in [-0.15, -0.1) is 11.6 Å². The first-order valence-electron chi connectivity index (χ1n) is 6.66. The van der Waals surface area contributed by atoms with E-state index in [4.69, 9.17) is 16.7 Å². The molecule has 0 bridgehead atoms. The molecule has 0 amide bonds. The van der Waals surface area contributed by atoms with Crippen LogP contribution < -0.4 is 0 Å². The van der Waals surface area contributed by atoms with Gasteiger partial charge in [0.15, 0.2) is 5.38 Å². The van der Waals surface area contributed by atoms with Crippen molar-refractivity contribution in [2.75, 3.05) is 0 Å². The van der Waals surface area contributed by atoms with Crippen LogP contribution in [0.2, 0.25) is 0 Å². The number of rotatable bonds is 4. The second-order valence-corrected chi connectivity index (χ2v) is 5.55. The normalized spacial score (nSPS) is 17.6. The van der Waals surface area contributed by atoms with Gasteiger partial charge in [0.25, 0.3) is 5.69 Å². The summed E-state index contributed by atoms with van der Waals surface area (Å²) in [5.41, 5.74) is 0.944. The van der Waals surface area contributed by atoms with Gasteiger partial charge in [-0.2, -0.15) is 0 Å². The van der Waals surface area contributed by atoms with Gasteiger partial charge in [-0.3, -0.25) is 14.9 Å². The van der Waals surface area contributed by atoms with Crippen molar-refractivity contribution in [2.24, 2.45) is 0 Å². The number of hydrogen-bond acceptors (Lipinski definition) is 3. The van der Waals surface area contributed by atoms with Gasteiger partial charge in [0.1, 0.15) is 0 Å². The first kappa shape index (κ1) is 14.8. The second kappa shape index (κ2) is 6.22. The molecular formula is C14H16ClNO4. The summed E-state index contributed by atoms with van der Waals surface area (Å²) in [7, 11) is 0. The minimum Gasteiger partial charge on any atom is -0.480 e. The summed E-state index contributed by atoms with van der Waals surface area (Å²) in [6.07, 6.45) is 5.23. The van der Waals surface area contributed by atoms with Crippen molar-refractivity contribution in [3.63, 3.8) is 0 Å². The summed E-state index contributed by atoms with van der Waals surface area (Å²) in [4.78, 5) is 21.6. The van der Waals surface area contributed by atoms with Gasteiger partial charge in [-0.1, -0.05) is 31.4 Å². The van der Waals surface area contributed by atoms with Gasteiger partial charge in [0.05, 0.1) is 4.92 Å². The van der Waals surface area contributed by atoms with E-state index >= 15 is 0 Å². The Bertz CT molecular complexity index is 526. The zero-order valence-corrected chi connectivity index (χ0v) is 11.7. The number of carbonyl (C=O) groups is 1. The lowest BCUT2D eigenvalue weighted by atomic mass is 9.83. The van der Waals surface area contributed by atoms with E-state index in [0.717, 1.165) is 25.7 Å². The summed E-state index contributed by atoms with van der Waals surface area (Å²) in [6, 6.07) is 4.56. The van der Waals surface area contributed by atoms with Crippen molar-refractivity contribution in [3.05, 3.63) is 39.4 Å². The van der Waals surface area contributed by atoms with Crippen molar-refractivity contribution < 1.29 is 14.8 Å². The number of carboxylic acids is 1. The van der Waals surface area contributed by atoms with Gasteiger partial charge in [0.2, 0.25) is 0 Å². The first-order valence-corrected chi connectivity index (χ1v) is 7.09. The summed E-state index contributed by atoms with van der Waals surface area (Å²) in [5.74, 6) is -1.01. The molecule has 2 rings (SSSR count). The van der Waals surface area contributed by atoms with Crippen LogP contribution in [0.4, 0.5) is 5.69 Å². The average molecular weight is 298 g/mol. The molecule has 20 heavy (non-hydrogen) atoms. The van der Waals surface area contributed by atoms with Gasteiger partial charge >= 0.3 is 5.97 Å². The number of nitro benzene ring substituents is 1. The summed E-state index contributed by atoms with van der Waals surface area (Å²) in [5, 5.41) is 18.8.